The molecule has 0 atom stereocenters. The van der Waals surface area contributed by atoms with Crippen LogP contribution in [0.15, 0.2) is 67.1 Å². The molecule has 0 fully saturated rings. The number of nitrogens with one attached hydrogen (secondary N) is 1. The Morgan fingerprint density at radius 1 is 0.958 bits per heavy atom. The van der Waals surface area contributed by atoms with Crippen LogP contribution in [-0.2, 0) is 0 Å². The fourth-order valence-electron chi connectivity index (χ4n) is 2.84. The fourth-order valence-corrected chi connectivity index (χ4v) is 2.84. The van der Waals surface area contributed by atoms with E-state index in [1.807, 2.05) is 37.5 Å². The van der Waals surface area contributed by atoms with Gasteiger partial charge in [-0.15, -0.1) is 0 Å². The van der Waals surface area contributed by atoms with Crippen LogP contribution in [-0.4, -0.2) is 21.6 Å². The first-order chi connectivity index (χ1) is 11.7. The molecule has 2 aromatic heterocycles. The molecule has 0 amide bonds. The Hall–Kier alpha value is -3.34. The molecule has 2 aromatic carbocycles. The van der Waals surface area contributed by atoms with E-state index in [0.717, 1.165) is 39.4 Å². The van der Waals surface area contributed by atoms with Crippen LogP contribution in [0.25, 0.3) is 27.8 Å². The largest absolute Gasteiger partial charge is 0.399 e. The van der Waals surface area contributed by atoms with Gasteiger partial charge in [-0.1, -0.05) is 24.3 Å². The van der Waals surface area contributed by atoms with E-state index in [1.165, 1.54) is 0 Å². The summed E-state index contributed by atoms with van der Waals surface area (Å²) < 4.78 is 2.06. The number of nitrogen functional groups attached to an aromatic ring is 1. The molecule has 0 spiro atoms. The predicted octanol–water partition coefficient (Wildman–Crippen LogP) is 3.71. The molecular formula is C19H17N5. The SMILES string of the molecule is CNc1cc(-n2ccc3ccc(-c4cccc(N)c4)cc32)ncn1. The molecule has 0 aliphatic carbocycles. The van der Waals surface area contributed by atoms with Crippen molar-refractivity contribution in [1.29, 1.82) is 0 Å². The quantitative estimate of drug-likeness (QED) is 0.565. The second-order valence-corrected chi connectivity index (χ2v) is 5.60. The van der Waals surface area contributed by atoms with Crippen LogP contribution in [0.5, 0.6) is 0 Å². The van der Waals surface area contributed by atoms with Crippen LogP contribution in [0.4, 0.5) is 11.5 Å². The summed E-state index contributed by atoms with van der Waals surface area (Å²) in [7, 11) is 1.85. The van der Waals surface area contributed by atoms with Gasteiger partial charge in [-0.25, -0.2) is 9.97 Å². The van der Waals surface area contributed by atoms with Crippen molar-refractivity contribution in [2.45, 2.75) is 0 Å². The standard InChI is InChI=1S/C19H17N5/c1-21-18-11-19(23-12-22-18)24-8-7-13-5-6-15(10-17(13)24)14-3-2-4-16(20)9-14/h2-12H,20H2,1H3,(H,21,22,23). The number of nitrogens with zero attached hydrogens (tertiary/aromatic N) is 3. The molecule has 24 heavy (non-hydrogen) atoms. The Labute approximate surface area is 139 Å². The van der Waals surface area contributed by atoms with E-state index in [2.05, 4.69) is 50.2 Å². The lowest BCUT2D eigenvalue weighted by Crippen LogP contribution is -1.99. The number of hydrogen-bond acceptors (Lipinski definition) is 4. The minimum Gasteiger partial charge on any atom is -0.399 e. The highest BCUT2D eigenvalue weighted by atomic mass is 15.1. The third-order valence-electron chi connectivity index (χ3n) is 4.07. The summed E-state index contributed by atoms with van der Waals surface area (Å²) in [6.07, 6.45) is 3.59. The summed E-state index contributed by atoms with van der Waals surface area (Å²) in [6, 6.07) is 18.3. The highest BCUT2D eigenvalue weighted by molar-refractivity contribution is 5.87. The summed E-state index contributed by atoms with van der Waals surface area (Å²) in [4.78, 5) is 8.56. The summed E-state index contributed by atoms with van der Waals surface area (Å²) in [5, 5.41) is 4.20. The van der Waals surface area contributed by atoms with Crippen molar-refractivity contribution in [2.24, 2.45) is 0 Å². The van der Waals surface area contributed by atoms with Crippen LogP contribution < -0.4 is 11.1 Å². The lowest BCUT2D eigenvalue weighted by Gasteiger charge is -2.08. The first-order valence-electron chi connectivity index (χ1n) is 7.72. The number of rotatable bonds is 3. The van der Waals surface area contributed by atoms with Gasteiger partial charge in [0.25, 0.3) is 0 Å². The molecule has 4 aromatic rings. The zero-order valence-corrected chi connectivity index (χ0v) is 13.3. The Kier molecular flexibility index (Phi) is 3.39. The lowest BCUT2D eigenvalue weighted by atomic mass is 10.0. The van der Waals surface area contributed by atoms with E-state index in [4.69, 9.17) is 5.73 Å². The third-order valence-corrected chi connectivity index (χ3v) is 4.07. The number of fused-ring (bicyclic) bond motifs is 1. The molecule has 0 aliphatic rings. The van der Waals surface area contributed by atoms with E-state index in [-0.39, 0.29) is 0 Å². The second-order valence-electron chi connectivity index (χ2n) is 5.60. The molecule has 0 radical (unpaired) electrons. The van der Waals surface area contributed by atoms with Crippen molar-refractivity contribution >= 4 is 22.4 Å². The molecular weight excluding hydrogens is 298 g/mol. The molecule has 2 heterocycles. The van der Waals surface area contributed by atoms with Gasteiger partial charge in [-0.3, -0.25) is 0 Å². The van der Waals surface area contributed by atoms with Gasteiger partial charge in [0.2, 0.25) is 0 Å². The predicted molar refractivity (Wildman–Crippen MR) is 98.3 cm³/mol. The molecule has 0 saturated heterocycles. The smallest absolute Gasteiger partial charge is 0.142 e. The highest BCUT2D eigenvalue weighted by Crippen LogP contribution is 2.27. The van der Waals surface area contributed by atoms with Crippen molar-refractivity contribution in [3.63, 3.8) is 0 Å². The fraction of sp³-hybridized carbons (Fsp3) is 0.0526. The number of aromatic nitrogens is 3. The minimum atomic E-state index is 0.762. The molecule has 118 valence electrons. The van der Waals surface area contributed by atoms with Gasteiger partial charge in [-0.2, -0.15) is 0 Å². The van der Waals surface area contributed by atoms with E-state index in [1.54, 1.807) is 6.33 Å². The summed E-state index contributed by atoms with van der Waals surface area (Å²) >= 11 is 0. The number of hydrogen-bond donors (Lipinski definition) is 2. The molecule has 0 bridgehead atoms. The Morgan fingerprint density at radius 3 is 2.67 bits per heavy atom. The van der Waals surface area contributed by atoms with E-state index in [0.29, 0.717) is 0 Å². The maximum absolute atomic E-state index is 5.91. The average Bonchev–Trinajstić information content (AvgIpc) is 3.05. The Morgan fingerprint density at radius 2 is 1.83 bits per heavy atom. The second kappa shape index (κ2) is 5.70. The zero-order valence-electron chi connectivity index (χ0n) is 13.3. The van der Waals surface area contributed by atoms with Gasteiger partial charge >= 0.3 is 0 Å². The van der Waals surface area contributed by atoms with Gasteiger partial charge < -0.3 is 15.6 Å². The summed E-state index contributed by atoms with van der Waals surface area (Å²) in [5.74, 6) is 1.61. The monoisotopic (exact) mass is 315 g/mol. The minimum absolute atomic E-state index is 0.762. The van der Waals surface area contributed by atoms with Gasteiger partial charge in [0.1, 0.15) is 18.0 Å². The van der Waals surface area contributed by atoms with Crippen LogP contribution in [0.3, 0.4) is 0 Å². The van der Waals surface area contributed by atoms with Gasteiger partial charge in [0, 0.05) is 30.4 Å². The lowest BCUT2D eigenvalue weighted by molar-refractivity contribution is 1.01. The Bertz CT molecular complexity index is 1020. The maximum atomic E-state index is 5.91. The third kappa shape index (κ3) is 2.46. The van der Waals surface area contributed by atoms with E-state index >= 15 is 0 Å². The zero-order chi connectivity index (χ0) is 16.5. The normalized spacial score (nSPS) is 10.9. The van der Waals surface area contributed by atoms with Crippen LogP contribution in [0, 0.1) is 0 Å². The molecule has 4 rings (SSSR count). The van der Waals surface area contributed by atoms with Crippen LogP contribution in [0.1, 0.15) is 0 Å². The van der Waals surface area contributed by atoms with Crippen molar-refractivity contribution in [3.8, 4) is 16.9 Å². The molecule has 0 saturated carbocycles. The number of nitrogens with two attached hydrogens (primary N) is 1. The van der Waals surface area contributed by atoms with Gasteiger partial charge in [0.15, 0.2) is 0 Å². The maximum Gasteiger partial charge on any atom is 0.142 e. The van der Waals surface area contributed by atoms with Gasteiger partial charge in [0.05, 0.1) is 5.52 Å². The number of benzene rings is 2. The van der Waals surface area contributed by atoms with Crippen LogP contribution >= 0.6 is 0 Å². The molecule has 5 nitrogen and oxygen atoms in total. The summed E-state index contributed by atoms with van der Waals surface area (Å²) in [5.41, 5.74) is 9.99. The number of anilines is 2. The molecule has 0 unspecified atom stereocenters. The topological polar surface area (TPSA) is 68.8 Å². The molecule has 3 N–H and O–H groups in total. The molecule has 0 aliphatic heterocycles. The summed E-state index contributed by atoms with van der Waals surface area (Å²) in [6.45, 7) is 0. The first-order valence-corrected chi connectivity index (χ1v) is 7.72. The van der Waals surface area contributed by atoms with Gasteiger partial charge in [-0.05, 0) is 35.4 Å². The van der Waals surface area contributed by atoms with Crippen molar-refractivity contribution in [2.75, 3.05) is 18.1 Å². The Balaban J connectivity index is 1.87. The highest BCUT2D eigenvalue weighted by Gasteiger charge is 2.07. The van der Waals surface area contributed by atoms with Crippen LogP contribution in [0.2, 0.25) is 0 Å². The van der Waals surface area contributed by atoms with E-state index in [9.17, 15) is 0 Å². The molecule has 5 heteroatoms. The first kappa shape index (κ1) is 14.3. The average molecular weight is 315 g/mol. The van der Waals surface area contributed by atoms with E-state index < -0.39 is 0 Å². The van der Waals surface area contributed by atoms with Crippen molar-refractivity contribution in [1.82, 2.24) is 14.5 Å². The van der Waals surface area contributed by atoms with Crippen molar-refractivity contribution in [3.05, 3.63) is 67.1 Å². The van der Waals surface area contributed by atoms with Crippen molar-refractivity contribution < 1.29 is 0 Å².